The Morgan fingerprint density at radius 2 is 2.16 bits per heavy atom. The molecule has 0 unspecified atom stereocenters. The van der Waals surface area contributed by atoms with Crippen molar-refractivity contribution < 1.29 is 4.79 Å². The molecule has 102 valence electrons. The lowest BCUT2D eigenvalue weighted by Crippen LogP contribution is -2.64. The number of rotatable bonds is 1. The minimum Gasteiger partial charge on any atom is -0.302 e. The zero-order valence-corrected chi connectivity index (χ0v) is 12.0. The molecule has 2 aliphatic heterocycles. The van der Waals surface area contributed by atoms with Gasteiger partial charge in [-0.05, 0) is 11.6 Å². The number of halogens is 1. The third kappa shape index (κ3) is 1.68. The van der Waals surface area contributed by atoms with Crippen LogP contribution in [0.3, 0.4) is 0 Å². The minimum absolute atomic E-state index is 0.0361. The zero-order chi connectivity index (χ0) is 13.6. The lowest BCUT2D eigenvalue weighted by atomic mass is 10.0. The Balaban J connectivity index is 2.23. The summed E-state index contributed by atoms with van der Waals surface area (Å²) in [6.45, 7) is 4.01. The molecule has 3 heterocycles. The monoisotopic (exact) mass is 281 g/mol. The Morgan fingerprint density at radius 3 is 2.79 bits per heavy atom. The quantitative estimate of drug-likeness (QED) is 0.584. The number of hydrogen-bond acceptors (Lipinski definition) is 3. The molecule has 1 atom stereocenters. The molecule has 0 saturated carbocycles. The molecule has 0 bridgehead atoms. The number of anilines is 1. The number of carbonyl (C=O) groups is 1. The molecule has 3 rings (SSSR count). The summed E-state index contributed by atoms with van der Waals surface area (Å²) < 4.78 is 0.664. The third-order valence-corrected chi connectivity index (χ3v) is 4.65. The van der Waals surface area contributed by atoms with Gasteiger partial charge >= 0.3 is 0 Å². The van der Waals surface area contributed by atoms with Crippen molar-refractivity contribution in [2.24, 2.45) is 0 Å². The van der Waals surface area contributed by atoms with Crippen molar-refractivity contribution >= 4 is 29.0 Å². The van der Waals surface area contributed by atoms with Gasteiger partial charge in [0.25, 0.3) is 11.7 Å². The van der Waals surface area contributed by atoms with Crippen LogP contribution in [0.1, 0.15) is 26.2 Å². The van der Waals surface area contributed by atoms with Crippen LogP contribution in [-0.4, -0.2) is 42.1 Å². The van der Waals surface area contributed by atoms with E-state index < -0.39 is 0 Å². The number of likely N-dealkylation sites (N-methyl/N-ethyl adjacent to an activating group) is 1. The Labute approximate surface area is 117 Å². The van der Waals surface area contributed by atoms with E-state index in [1.54, 1.807) is 18.1 Å². The lowest BCUT2D eigenvalue weighted by Gasteiger charge is -2.44. The molecular formula is C13H18ClN4O+. The highest BCUT2D eigenvalue weighted by Gasteiger charge is 2.53. The van der Waals surface area contributed by atoms with Crippen molar-refractivity contribution in [3.05, 3.63) is 11.5 Å². The molecule has 1 spiro atoms. The molecule has 5 nitrogen and oxygen atoms in total. The SMILES string of the molecule is CC[C@@H]1C(=O)N(C)c2cnc(Cl)nc2[N+]12CCCC2. The van der Waals surface area contributed by atoms with Crippen LogP contribution in [0.15, 0.2) is 6.20 Å². The van der Waals surface area contributed by atoms with E-state index in [-0.39, 0.29) is 17.2 Å². The van der Waals surface area contributed by atoms with Gasteiger partial charge in [-0.1, -0.05) is 6.92 Å². The first-order valence-electron chi connectivity index (χ1n) is 6.77. The maximum absolute atomic E-state index is 12.6. The van der Waals surface area contributed by atoms with E-state index in [4.69, 9.17) is 11.6 Å². The van der Waals surface area contributed by atoms with E-state index in [0.717, 1.165) is 43.9 Å². The zero-order valence-electron chi connectivity index (χ0n) is 11.3. The van der Waals surface area contributed by atoms with Gasteiger partial charge < -0.3 is 4.90 Å². The number of carbonyl (C=O) groups excluding carboxylic acids is 1. The Bertz CT molecular complexity index is 527. The van der Waals surface area contributed by atoms with Gasteiger partial charge in [-0.15, -0.1) is 0 Å². The standard InChI is InChI=1S/C13H18ClN4O/c1-3-10-12(19)17(2)9-8-15-13(14)16-11(9)18(10)6-4-5-7-18/h8,10H,3-7H2,1-2H3/q+1/t10-/m1/s1. The fourth-order valence-corrected chi connectivity index (χ4v) is 3.69. The van der Waals surface area contributed by atoms with Crippen molar-refractivity contribution in [3.8, 4) is 0 Å². The van der Waals surface area contributed by atoms with Crippen LogP contribution < -0.4 is 9.38 Å². The average Bonchev–Trinajstić information content (AvgIpc) is 2.87. The average molecular weight is 282 g/mol. The summed E-state index contributed by atoms with van der Waals surface area (Å²) in [4.78, 5) is 22.8. The fourth-order valence-electron chi connectivity index (χ4n) is 3.56. The summed E-state index contributed by atoms with van der Waals surface area (Å²) in [6, 6.07) is -0.0361. The summed E-state index contributed by atoms with van der Waals surface area (Å²) >= 11 is 5.98. The van der Waals surface area contributed by atoms with Gasteiger partial charge in [0.2, 0.25) is 5.28 Å². The second-order valence-corrected chi connectivity index (χ2v) is 5.70. The van der Waals surface area contributed by atoms with Crippen LogP contribution in [0.4, 0.5) is 11.5 Å². The highest BCUT2D eigenvalue weighted by molar-refractivity contribution is 6.28. The van der Waals surface area contributed by atoms with E-state index in [9.17, 15) is 4.79 Å². The number of hydrogen-bond donors (Lipinski definition) is 0. The Morgan fingerprint density at radius 1 is 1.47 bits per heavy atom. The number of nitrogens with zero attached hydrogens (tertiary/aromatic N) is 4. The summed E-state index contributed by atoms with van der Waals surface area (Å²) in [5.74, 6) is 1.09. The van der Waals surface area contributed by atoms with Crippen molar-refractivity contribution in [2.75, 3.05) is 25.0 Å². The molecule has 1 amide bonds. The van der Waals surface area contributed by atoms with E-state index in [2.05, 4.69) is 16.9 Å². The smallest absolute Gasteiger partial charge is 0.285 e. The van der Waals surface area contributed by atoms with Crippen LogP contribution in [0.2, 0.25) is 5.28 Å². The van der Waals surface area contributed by atoms with Crippen LogP contribution in [-0.2, 0) is 4.79 Å². The molecule has 1 aromatic heterocycles. The van der Waals surface area contributed by atoms with E-state index in [1.165, 1.54) is 0 Å². The lowest BCUT2D eigenvalue weighted by molar-refractivity contribution is -0.123. The second kappa shape index (κ2) is 4.42. The van der Waals surface area contributed by atoms with Gasteiger partial charge in [-0.2, -0.15) is 4.98 Å². The predicted octanol–water partition coefficient (Wildman–Crippen LogP) is 1.99. The second-order valence-electron chi connectivity index (χ2n) is 5.36. The van der Waals surface area contributed by atoms with Crippen molar-refractivity contribution in [2.45, 2.75) is 32.2 Å². The van der Waals surface area contributed by atoms with Gasteiger partial charge in [0.05, 0.1) is 19.3 Å². The summed E-state index contributed by atoms with van der Waals surface area (Å²) in [5, 5.41) is 0.265. The normalized spacial score (nSPS) is 24.9. The molecule has 6 heteroatoms. The molecule has 0 radical (unpaired) electrons. The molecule has 0 aliphatic carbocycles. The molecule has 1 aromatic rings. The first-order chi connectivity index (χ1) is 9.10. The van der Waals surface area contributed by atoms with Gasteiger partial charge in [0.15, 0.2) is 6.04 Å². The van der Waals surface area contributed by atoms with Gasteiger partial charge in [-0.25, -0.2) is 4.98 Å². The molecule has 2 aliphatic rings. The topological polar surface area (TPSA) is 46.1 Å². The Hall–Kier alpha value is -1.20. The van der Waals surface area contributed by atoms with E-state index in [1.807, 2.05) is 0 Å². The minimum atomic E-state index is -0.0361. The molecule has 1 saturated heterocycles. The fraction of sp³-hybridized carbons (Fsp3) is 0.615. The van der Waals surface area contributed by atoms with Gasteiger partial charge in [0, 0.05) is 26.3 Å². The third-order valence-electron chi connectivity index (χ3n) is 4.47. The Kier molecular flexibility index (Phi) is 2.98. The number of amides is 1. The van der Waals surface area contributed by atoms with E-state index >= 15 is 0 Å². The summed E-state index contributed by atoms with van der Waals surface area (Å²) in [7, 11) is 1.80. The maximum atomic E-state index is 12.6. The summed E-state index contributed by atoms with van der Waals surface area (Å²) in [6.07, 6.45) is 4.76. The molecule has 1 fully saturated rings. The number of aromatic nitrogens is 2. The highest BCUT2D eigenvalue weighted by atomic mass is 35.5. The number of fused-ring (bicyclic) bond motifs is 2. The molecule has 19 heavy (non-hydrogen) atoms. The molecule has 0 aromatic carbocycles. The van der Waals surface area contributed by atoms with Crippen molar-refractivity contribution in [1.29, 1.82) is 0 Å². The van der Waals surface area contributed by atoms with Crippen LogP contribution in [0.5, 0.6) is 0 Å². The van der Waals surface area contributed by atoms with Crippen molar-refractivity contribution in [3.63, 3.8) is 0 Å². The highest BCUT2D eigenvalue weighted by Crippen LogP contribution is 2.43. The van der Waals surface area contributed by atoms with Crippen molar-refractivity contribution in [1.82, 2.24) is 14.5 Å². The maximum Gasteiger partial charge on any atom is 0.285 e. The molecule has 0 N–H and O–H groups in total. The predicted molar refractivity (Wildman–Crippen MR) is 75.3 cm³/mol. The van der Waals surface area contributed by atoms with Gasteiger partial charge in [0.1, 0.15) is 5.69 Å². The van der Waals surface area contributed by atoms with Crippen LogP contribution in [0.25, 0.3) is 0 Å². The first kappa shape index (κ1) is 12.8. The van der Waals surface area contributed by atoms with E-state index in [0.29, 0.717) is 4.48 Å². The van der Waals surface area contributed by atoms with Crippen LogP contribution >= 0.6 is 11.6 Å². The van der Waals surface area contributed by atoms with Crippen LogP contribution in [0, 0.1) is 0 Å². The first-order valence-corrected chi connectivity index (χ1v) is 7.15. The molecular weight excluding hydrogens is 264 g/mol. The summed E-state index contributed by atoms with van der Waals surface area (Å²) in [5.41, 5.74) is 0.806. The number of quaternary nitrogens is 1. The van der Waals surface area contributed by atoms with Gasteiger partial charge in [-0.3, -0.25) is 9.28 Å². The largest absolute Gasteiger partial charge is 0.302 e.